The van der Waals surface area contributed by atoms with Crippen molar-refractivity contribution in [3.8, 4) is 0 Å². The molecule has 0 aromatic rings. The predicted molar refractivity (Wildman–Crippen MR) is 247 cm³/mol. The smallest absolute Gasteiger partial charge is 0.306 e. The van der Waals surface area contributed by atoms with Gasteiger partial charge in [0.15, 0.2) is 12.4 Å². The van der Waals surface area contributed by atoms with Crippen LogP contribution in [0.5, 0.6) is 0 Å². The van der Waals surface area contributed by atoms with Crippen molar-refractivity contribution in [2.45, 2.75) is 205 Å². The number of carbonyl (C=O) groups excluding carboxylic acids is 2. The molecule has 1 heterocycles. The van der Waals surface area contributed by atoms with E-state index in [0.29, 0.717) is 12.8 Å². The quantitative estimate of drug-likeness (QED) is 0.0268. The minimum Gasteiger partial charge on any atom is -0.462 e. The fourth-order valence-corrected chi connectivity index (χ4v) is 6.50. The van der Waals surface area contributed by atoms with Gasteiger partial charge in [-0.25, -0.2) is 0 Å². The number of rotatable bonds is 38. The largest absolute Gasteiger partial charge is 0.462 e. The molecule has 2 unspecified atom stereocenters. The van der Waals surface area contributed by atoms with Crippen molar-refractivity contribution in [2.75, 3.05) is 19.8 Å². The van der Waals surface area contributed by atoms with Crippen LogP contribution in [0.3, 0.4) is 0 Å². The van der Waals surface area contributed by atoms with E-state index in [-0.39, 0.29) is 26.1 Å². The van der Waals surface area contributed by atoms with E-state index in [2.05, 4.69) is 86.8 Å². The summed E-state index contributed by atoms with van der Waals surface area (Å²) in [5, 5.41) is 40.1. The number of unbranched alkanes of at least 4 members (excludes halogenated alkanes) is 13. The monoisotopic (exact) mass is 857 g/mol. The van der Waals surface area contributed by atoms with Gasteiger partial charge in [-0.05, 0) is 77.0 Å². The molecule has 1 aliphatic heterocycles. The Kier molecular flexibility index (Phi) is 37.5. The van der Waals surface area contributed by atoms with E-state index in [4.69, 9.17) is 18.9 Å². The summed E-state index contributed by atoms with van der Waals surface area (Å²) >= 11 is 0. The molecule has 0 aromatic carbocycles. The van der Waals surface area contributed by atoms with E-state index in [1.54, 1.807) is 0 Å². The van der Waals surface area contributed by atoms with Crippen LogP contribution in [0.25, 0.3) is 0 Å². The fraction of sp³-hybridized carbons (Fsp3) is 0.686. The van der Waals surface area contributed by atoms with Gasteiger partial charge in [0.1, 0.15) is 31.0 Å². The van der Waals surface area contributed by atoms with Crippen LogP contribution in [-0.4, -0.2) is 89.0 Å². The summed E-state index contributed by atoms with van der Waals surface area (Å²) < 4.78 is 22.0. The maximum absolute atomic E-state index is 12.8. The maximum Gasteiger partial charge on any atom is 0.306 e. The van der Waals surface area contributed by atoms with Crippen molar-refractivity contribution in [1.82, 2.24) is 0 Å². The number of carbonyl (C=O) groups is 2. The fourth-order valence-electron chi connectivity index (χ4n) is 6.50. The Hall–Kier alpha value is -3.12. The van der Waals surface area contributed by atoms with Gasteiger partial charge in [0.2, 0.25) is 0 Å². The molecule has 348 valence electrons. The van der Waals surface area contributed by atoms with Crippen LogP contribution >= 0.6 is 0 Å². The van der Waals surface area contributed by atoms with Crippen LogP contribution in [0.4, 0.5) is 0 Å². The zero-order valence-corrected chi connectivity index (χ0v) is 37.9. The van der Waals surface area contributed by atoms with E-state index in [9.17, 15) is 30.0 Å². The second kappa shape index (κ2) is 40.9. The molecule has 0 spiro atoms. The van der Waals surface area contributed by atoms with Gasteiger partial charge in [-0.3, -0.25) is 9.59 Å². The molecule has 0 bridgehead atoms. The molecule has 1 rings (SSSR count). The summed E-state index contributed by atoms with van der Waals surface area (Å²) in [5.41, 5.74) is 0. The minimum absolute atomic E-state index is 0.0936. The molecular weight excluding hydrogens is 773 g/mol. The zero-order valence-electron chi connectivity index (χ0n) is 37.9. The maximum atomic E-state index is 12.8. The lowest BCUT2D eigenvalue weighted by Crippen LogP contribution is -2.59. The van der Waals surface area contributed by atoms with Crippen LogP contribution in [0.1, 0.15) is 168 Å². The molecule has 0 aromatic heterocycles. The van der Waals surface area contributed by atoms with Crippen molar-refractivity contribution < 1.29 is 49.0 Å². The van der Waals surface area contributed by atoms with Crippen LogP contribution in [0.15, 0.2) is 85.1 Å². The third-order valence-corrected chi connectivity index (χ3v) is 10.3. The van der Waals surface area contributed by atoms with Crippen molar-refractivity contribution >= 4 is 11.9 Å². The number of aliphatic hydroxyl groups is 4. The predicted octanol–water partition coefficient (Wildman–Crippen LogP) is 10.6. The highest BCUT2D eigenvalue weighted by atomic mass is 16.7. The van der Waals surface area contributed by atoms with E-state index in [1.165, 1.54) is 83.5 Å². The number of allylic oxidation sites excluding steroid dienone is 14. The molecule has 4 N–H and O–H groups in total. The minimum atomic E-state index is -1.62. The van der Waals surface area contributed by atoms with Crippen molar-refractivity contribution in [3.05, 3.63) is 85.1 Å². The van der Waals surface area contributed by atoms with E-state index in [1.807, 2.05) is 12.2 Å². The summed E-state index contributed by atoms with van der Waals surface area (Å²) in [6, 6.07) is 0. The second-order valence-corrected chi connectivity index (χ2v) is 15.8. The lowest BCUT2D eigenvalue weighted by Gasteiger charge is -2.39. The summed E-state index contributed by atoms with van der Waals surface area (Å²) in [6.07, 6.45) is 46.1. The number of esters is 2. The van der Waals surface area contributed by atoms with Crippen molar-refractivity contribution in [3.63, 3.8) is 0 Å². The zero-order chi connectivity index (χ0) is 44.4. The van der Waals surface area contributed by atoms with Gasteiger partial charge < -0.3 is 39.4 Å². The standard InChI is InChI=1S/C51H84O10/c1-3-5-7-9-11-13-15-17-19-21-22-24-26-28-30-32-34-36-38-40-47(54)60-44(43-59-51-50(57)49(56)48(55)45(41-52)61-51)42-58-46(53)39-37-35-33-31-29-27-25-23-20-18-16-14-12-10-8-6-4-2/h11,13,17,19,22,24-25,27-28,30-31,33-34,36,44-45,48-52,55-57H,3-10,12,14-16,18,20-21,23,26,29,32,35,37-43H2,1-2H3/b13-11+,19-17+,24-22+,27-25+,30-28+,33-31+,36-34+/t44-,45-,48+,49?,50?,51-/m1/s1. The number of aliphatic hydroxyl groups excluding tert-OH is 4. The first kappa shape index (κ1) is 55.9. The molecule has 6 atom stereocenters. The van der Waals surface area contributed by atoms with Crippen LogP contribution in [-0.2, 0) is 28.5 Å². The Morgan fingerprint density at radius 3 is 1.48 bits per heavy atom. The molecule has 1 saturated heterocycles. The SMILES string of the molecule is CCCCC/C=C/C/C=C/C/C=C/C/C=C/C/C=C/CCC(=O)O[C@H](COC(=O)CCC/C=C/C/C=C/CCCCCCCCCCC)CO[C@@H]1O[C@H](CO)[C@H](O)C(O)C1O. The highest BCUT2D eigenvalue weighted by Gasteiger charge is 2.44. The number of hydrogen-bond donors (Lipinski definition) is 4. The average molecular weight is 857 g/mol. The molecular formula is C51H84O10. The normalized spacial score (nSPS) is 20.5. The lowest BCUT2D eigenvalue weighted by atomic mass is 9.99. The van der Waals surface area contributed by atoms with Gasteiger partial charge in [-0.1, -0.05) is 163 Å². The van der Waals surface area contributed by atoms with Gasteiger partial charge in [-0.2, -0.15) is 0 Å². The summed E-state index contributed by atoms with van der Waals surface area (Å²) in [4.78, 5) is 25.3. The van der Waals surface area contributed by atoms with E-state index in [0.717, 1.165) is 44.9 Å². The summed E-state index contributed by atoms with van der Waals surface area (Å²) in [5.74, 6) is -0.962. The van der Waals surface area contributed by atoms with Gasteiger partial charge in [0.05, 0.1) is 13.2 Å². The van der Waals surface area contributed by atoms with E-state index >= 15 is 0 Å². The van der Waals surface area contributed by atoms with Crippen LogP contribution in [0, 0.1) is 0 Å². The van der Waals surface area contributed by atoms with Gasteiger partial charge in [0.25, 0.3) is 0 Å². The molecule has 10 heteroatoms. The molecule has 0 saturated carbocycles. The Morgan fingerprint density at radius 1 is 0.508 bits per heavy atom. The van der Waals surface area contributed by atoms with Crippen LogP contribution in [0.2, 0.25) is 0 Å². The van der Waals surface area contributed by atoms with Gasteiger partial charge in [0, 0.05) is 12.8 Å². The Morgan fingerprint density at radius 2 is 0.951 bits per heavy atom. The Labute approximate surface area is 369 Å². The number of ether oxygens (including phenoxy) is 4. The molecule has 10 nitrogen and oxygen atoms in total. The molecule has 0 aliphatic carbocycles. The van der Waals surface area contributed by atoms with Crippen LogP contribution < -0.4 is 0 Å². The van der Waals surface area contributed by atoms with Crippen molar-refractivity contribution in [1.29, 1.82) is 0 Å². The molecule has 0 radical (unpaired) electrons. The first-order valence-corrected chi connectivity index (χ1v) is 23.7. The first-order chi connectivity index (χ1) is 29.8. The lowest BCUT2D eigenvalue weighted by molar-refractivity contribution is -0.305. The van der Waals surface area contributed by atoms with Gasteiger partial charge >= 0.3 is 11.9 Å². The van der Waals surface area contributed by atoms with E-state index < -0.39 is 55.4 Å². The molecule has 0 amide bonds. The van der Waals surface area contributed by atoms with Crippen molar-refractivity contribution in [2.24, 2.45) is 0 Å². The topological polar surface area (TPSA) is 152 Å². The Balaban J connectivity index is 2.41. The summed E-state index contributed by atoms with van der Waals surface area (Å²) in [6.45, 7) is 3.27. The third-order valence-electron chi connectivity index (χ3n) is 10.3. The molecule has 1 fully saturated rings. The average Bonchev–Trinajstić information content (AvgIpc) is 3.26. The summed E-state index contributed by atoms with van der Waals surface area (Å²) in [7, 11) is 0. The van der Waals surface area contributed by atoms with Gasteiger partial charge in [-0.15, -0.1) is 0 Å². The highest BCUT2D eigenvalue weighted by molar-refractivity contribution is 5.70. The first-order valence-electron chi connectivity index (χ1n) is 23.7. The highest BCUT2D eigenvalue weighted by Crippen LogP contribution is 2.22. The molecule has 1 aliphatic rings. The Bertz CT molecular complexity index is 1270. The number of hydrogen-bond acceptors (Lipinski definition) is 10. The third kappa shape index (κ3) is 32.3. The second-order valence-electron chi connectivity index (χ2n) is 15.8. The molecule has 61 heavy (non-hydrogen) atoms.